The maximum atomic E-state index is 11.9. The molecule has 0 unspecified atom stereocenters. The van der Waals surface area contributed by atoms with Gasteiger partial charge in [-0.15, -0.1) is 0 Å². The predicted octanol–water partition coefficient (Wildman–Crippen LogP) is -0.978. The molecular formula is C24H36N4O4+2. The van der Waals surface area contributed by atoms with Gasteiger partial charge in [-0.25, -0.2) is 0 Å². The highest BCUT2D eigenvalue weighted by Crippen LogP contribution is 2.16. The number of aromatic hydroxyl groups is 2. The van der Waals surface area contributed by atoms with Gasteiger partial charge < -0.3 is 31.5 Å². The maximum Gasteiger partial charge on any atom is 0.224 e. The van der Waals surface area contributed by atoms with Gasteiger partial charge in [0.15, 0.2) is 0 Å². The third kappa shape index (κ3) is 10.3. The molecule has 2 aromatic carbocycles. The van der Waals surface area contributed by atoms with Crippen LogP contribution < -0.4 is 21.3 Å². The van der Waals surface area contributed by atoms with Gasteiger partial charge in [0.2, 0.25) is 11.8 Å². The van der Waals surface area contributed by atoms with Crippen LogP contribution >= 0.6 is 0 Å². The van der Waals surface area contributed by atoms with Crippen LogP contribution in [0.4, 0.5) is 0 Å². The number of carbonyl (C=O) groups excluding carboxylic acids is 2. The zero-order valence-corrected chi connectivity index (χ0v) is 18.6. The third-order valence-corrected chi connectivity index (χ3v) is 5.07. The second kappa shape index (κ2) is 14.8. The van der Waals surface area contributed by atoms with Crippen molar-refractivity contribution in [2.24, 2.45) is 0 Å². The molecule has 0 radical (unpaired) electrons. The van der Waals surface area contributed by atoms with Crippen molar-refractivity contribution in [3.8, 4) is 11.5 Å². The SMILES string of the molecule is O=C(Cc1ccccc1O)NCCC[NH2+]CC[NH2+]CCCNC(=O)Cc1ccccc1O. The lowest BCUT2D eigenvalue weighted by Crippen LogP contribution is -2.95. The maximum absolute atomic E-state index is 11.9. The second-order valence-corrected chi connectivity index (χ2v) is 7.75. The van der Waals surface area contributed by atoms with Crippen molar-refractivity contribution in [1.29, 1.82) is 0 Å². The van der Waals surface area contributed by atoms with Crippen LogP contribution in [0.25, 0.3) is 0 Å². The van der Waals surface area contributed by atoms with Gasteiger partial charge >= 0.3 is 0 Å². The summed E-state index contributed by atoms with van der Waals surface area (Å²) in [6, 6.07) is 13.8. The van der Waals surface area contributed by atoms with Gasteiger partial charge in [0.1, 0.15) is 24.6 Å². The summed E-state index contributed by atoms with van der Waals surface area (Å²) < 4.78 is 0. The fourth-order valence-corrected chi connectivity index (χ4v) is 3.26. The standard InChI is InChI=1S/C24H34N4O4/c29-21-9-3-1-7-19(21)17-23(31)27-13-5-11-25-15-16-26-12-6-14-28-24(32)18-20-8-2-4-10-22(20)30/h1-4,7-10,25-26,29-30H,5-6,11-18H2,(H,27,31)(H,28,32)/p+2. The van der Waals surface area contributed by atoms with Crippen molar-refractivity contribution in [3.05, 3.63) is 59.7 Å². The fraction of sp³-hybridized carbons (Fsp3) is 0.417. The van der Waals surface area contributed by atoms with Crippen LogP contribution in [0.1, 0.15) is 24.0 Å². The number of amides is 2. The number of rotatable bonds is 15. The van der Waals surface area contributed by atoms with E-state index in [9.17, 15) is 19.8 Å². The predicted molar refractivity (Wildman–Crippen MR) is 122 cm³/mol. The Balaban J connectivity index is 1.37. The normalized spacial score (nSPS) is 10.6. The Morgan fingerprint density at radius 3 is 1.47 bits per heavy atom. The Morgan fingerprint density at radius 1 is 0.656 bits per heavy atom. The summed E-state index contributed by atoms with van der Waals surface area (Å²) in [5.41, 5.74) is 1.28. The minimum absolute atomic E-state index is 0.0764. The van der Waals surface area contributed by atoms with Gasteiger partial charge in [-0.2, -0.15) is 0 Å². The van der Waals surface area contributed by atoms with Gasteiger partial charge in [-0.05, 0) is 12.1 Å². The van der Waals surface area contributed by atoms with E-state index in [2.05, 4.69) is 21.3 Å². The fourth-order valence-electron chi connectivity index (χ4n) is 3.26. The van der Waals surface area contributed by atoms with Crippen molar-refractivity contribution in [3.63, 3.8) is 0 Å². The molecule has 32 heavy (non-hydrogen) atoms. The lowest BCUT2D eigenvalue weighted by molar-refractivity contribution is -0.723. The summed E-state index contributed by atoms with van der Waals surface area (Å²) in [6.45, 7) is 5.18. The van der Waals surface area contributed by atoms with Crippen molar-refractivity contribution >= 4 is 11.8 Å². The van der Waals surface area contributed by atoms with Crippen LogP contribution in [0, 0.1) is 0 Å². The van der Waals surface area contributed by atoms with E-state index in [1.807, 2.05) is 12.1 Å². The van der Waals surface area contributed by atoms with E-state index < -0.39 is 0 Å². The minimum atomic E-state index is -0.0764. The van der Waals surface area contributed by atoms with Crippen LogP contribution in [0.3, 0.4) is 0 Å². The third-order valence-electron chi connectivity index (χ3n) is 5.07. The lowest BCUT2D eigenvalue weighted by atomic mass is 10.1. The number of benzene rings is 2. The molecule has 2 rings (SSSR count). The molecule has 174 valence electrons. The van der Waals surface area contributed by atoms with Crippen LogP contribution in [-0.2, 0) is 22.4 Å². The Labute approximate surface area is 189 Å². The molecule has 2 aromatic rings. The first kappa shape index (κ1) is 25.2. The highest BCUT2D eigenvalue weighted by Gasteiger charge is 2.07. The average Bonchev–Trinajstić information content (AvgIpc) is 2.77. The molecule has 0 aliphatic rings. The Morgan fingerprint density at radius 2 is 1.06 bits per heavy atom. The van der Waals surface area contributed by atoms with Crippen LogP contribution in [0.5, 0.6) is 11.5 Å². The Kier molecular flexibility index (Phi) is 11.7. The number of nitrogens with one attached hydrogen (secondary N) is 2. The number of para-hydroxylation sites is 2. The summed E-state index contributed by atoms with van der Waals surface area (Å²) >= 11 is 0. The highest BCUT2D eigenvalue weighted by molar-refractivity contribution is 5.79. The quantitative estimate of drug-likeness (QED) is 0.197. The largest absolute Gasteiger partial charge is 0.508 e. The number of carbonyl (C=O) groups is 2. The first-order chi connectivity index (χ1) is 15.6. The van der Waals surface area contributed by atoms with Crippen LogP contribution in [0.2, 0.25) is 0 Å². The van der Waals surface area contributed by atoms with Crippen molar-refractivity contribution in [2.45, 2.75) is 25.7 Å². The zero-order chi connectivity index (χ0) is 23.0. The van der Waals surface area contributed by atoms with Gasteiger partial charge in [-0.3, -0.25) is 9.59 Å². The molecule has 0 aliphatic carbocycles. The van der Waals surface area contributed by atoms with E-state index in [0.29, 0.717) is 24.2 Å². The molecule has 0 bridgehead atoms. The molecule has 8 N–H and O–H groups in total. The van der Waals surface area contributed by atoms with E-state index >= 15 is 0 Å². The molecule has 2 amide bonds. The van der Waals surface area contributed by atoms with E-state index in [0.717, 1.165) is 39.0 Å². The molecule has 8 heteroatoms. The van der Waals surface area contributed by atoms with Gasteiger partial charge in [0.25, 0.3) is 0 Å². The highest BCUT2D eigenvalue weighted by atomic mass is 16.3. The Bertz CT molecular complexity index is 775. The summed E-state index contributed by atoms with van der Waals surface area (Å²) in [7, 11) is 0. The molecule has 0 aliphatic heterocycles. The number of phenolic OH excluding ortho intramolecular Hbond substituents is 2. The summed E-state index contributed by atoms with van der Waals surface area (Å²) in [5, 5.41) is 29.6. The summed E-state index contributed by atoms with van der Waals surface area (Å²) in [4.78, 5) is 23.8. The molecule has 0 saturated carbocycles. The van der Waals surface area contributed by atoms with Crippen molar-refractivity contribution in [1.82, 2.24) is 10.6 Å². The molecular weight excluding hydrogens is 408 g/mol. The number of quaternary nitrogens is 2. The number of hydrogen-bond acceptors (Lipinski definition) is 4. The number of phenols is 2. The number of nitrogens with two attached hydrogens (primary N) is 2. The molecule has 0 heterocycles. The second-order valence-electron chi connectivity index (χ2n) is 7.75. The monoisotopic (exact) mass is 444 g/mol. The minimum Gasteiger partial charge on any atom is -0.508 e. The summed E-state index contributed by atoms with van der Waals surface area (Å²) in [6.07, 6.45) is 2.19. The van der Waals surface area contributed by atoms with E-state index in [1.165, 1.54) is 0 Å². The Hall–Kier alpha value is -3.10. The van der Waals surface area contributed by atoms with E-state index in [4.69, 9.17) is 0 Å². The van der Waals surface area contributed by atoms with Crippen LogP contribution in [-0.4, -0.2) is 61.3 Å². The molecule has 0 aromatic heterocycles. The van der Waals surface area contributed by atoms with Gasteiger partial charge in [0, 0.05) is 37.1 Å². The number of hydrogen-bond donors (Lipinski definition) is 6. The first-order valence-electron chi connectivity index (χ1n) is 11.3. The van der Waals surface area contributed by atoms with Gasteiger partial charge in [-0.1, -0.05) is 36.4 Å². The molecule has 0 atom stereocenters. The molecule has 0 fully saturated rings. The topological polar surface area (TPSA) is 132 Å². The summed E-state index contributed by atoms with van der Waals surface area (Å²) in [5.74, 6) is 0.157. The molecule has 0 saturated heterocycles. The first-order valence-corrected chi connectivity index (χ1v) is 11.3. The molecule has 8 nitrogen and oxygen atoms in total. The molecule has 0 spiro atoms. The van der Waals surface area contributed by atoms with E-state index in [1.54, 1.807) is 36.4 Å². The van der Waals surface area contributed by atoms with Crippen LogP contribution in [0.15, 0.2) is 48.5 Å². The van der Waals surface area contributed by atoms with E-state index in [-0.39, 0.29) is 36.2 Å². The smallest absolute Gasteiger partial charge is 0.224 e. The zero-order valence-electron chi connectivity index (χ0n) is 18.6. The average molecular weight is 445 g/mol. The van der Waals surface area contributed by atoms with Crippen molar-refractivity contribution in [2.75, 3.05) is 39.3 Å². The lowest BCUT2D eigenvalue weighted by Gasteiger charge is -2.07. The van der Waals surface area contributed by atoms with Crippen molar-refractivity contribution < 1.29 is 30.4 Å². The van der Waals surface area contributed by atoms with Gasteiger partial charge in [0.05, 0.1) is 25.9 Å².